The topological polar surface area (TPSA) is 69.6 Å². The summed E-state index contributed by atoms with van der Waals surface area (Å²) in [7, 11) is 0. The monoisotopic (exact) mass is 519 g/mol. The van der Waals surface area contributed by atoms with Gasteiger partial charge in [-0.1, -0.05) is 60.5 Å². The largest absolute Gasteiger partial charge is 0.353 e. The SMILES string of the molecule is CCC(C)N(CC(=O)N1CCCN(c2ccc(-c3ccc(C)cc3)nn2)CC1)C(=O)c1ccccc1Cl. The van der Waals surface area contributed by atoms with Crippen LogP contribution in [-0.2, 0) is 4.79 Å². The van der Waals surface area contributed by atoms with E-state index in [0.717, 1.165) is 36.5 Å². The molecule has 1 unspecified atom stereocenters. The number of nitrogens with zero attached hydrogens (tertiary/aromatic N) is 5. The van der Waals surface area contributed by atoms with Gasteiger partial charge in [0, 0.05) is 37.8 Å². The highest BCUT2D eigenvalue weighted by Gasteiger charge is 2.28. The van der Waals surface area contributed by atoms with E-state index < -0.39 is 0 Å². The summed E-state index contributed by atoms with van der Waals surface area (Å²) in [4.78, 5) is 32.3. The normalized spacial score (nSPS) is 14.7. The second kappa shape index (κ2) is 12.2. The number of benzene rings is 2. The lowest BCUT2D eigenvalue weighted by molar-refractivity contribution is -0.132. The van der Waals surface area contributed by atoms with Crippen molar-refractivity contribution in [1.82, 2.24) is 20.0 Å². The van der Waals surface area contributed by atoms with Crippen molar-refractivity contribution in [2.45, 2.75) is 39.7 Å². The summed E-state index contributed by atoms with van der Waals surface area (Å²) in [6, 6.07) is 19.1. The van der Waals surface area contributed by atoms with Gasteiger partial charge in [-0.3, -0.25) is 9.59 Å². The second-order valence-electron chi connectivity index (χ2n) is 9.53. The molecule has 2 heterocycles. The molecule has 0 N–H and O–H groups in total. The van der Waals surface area contributed by atoms with Crippen LogP contribution in [0.5, 0.6) is 0 Å². The molecule has 1 atom stereocenters. The van der Waals surface area contributed by atoms with Crippen LogP contribution in [0.15, 0.2) is 60.7 Å². The number of hydrogen-bond donors (Lipinski definition) is 0. The zero-order valence-corrected chi connectivity index (χ0v) is 22.5. The van der Waals surface area contributed by atoms with Crippen molar-refractivity contribution < 1.29 is 9.59 Å². The van der Waals surface area contributed by atoms with Crippen LogP contribution in [-0.4, -0.2) is 70.6 Å². The van der Waals surface area contributed by atoms with E-state index in [-0.39, 0.29) is 24.4 Å². The first-order chi connectivity index (χ1) is 17.9. The van der Waals surface area contributed by atoms with Crippen LogP contribution >= 0.6 is 11.6 Å². The van der Waals surface area contributed by atoms with Gasteiger partial charge in [0.1, 0.15) is 6.54 Å². The molecule has 2 aromatic carbocycles. The maximum absolute atomic E-state index is 13.3. The average molecular weight is 520 g/mol. The fourth-order valence-corrected chi connectivity index (χ4v) is 4.67. The van der Waals surface area contributed by atoms with E-state index in [1.165, 1.54) is 5.56 Å². The highest BCUT2D eigenvalue weighted by Crippen LogP contribution is 2.21. The number of carbonyl (C=O) groups excluding carboxylic acids is 2. The summed E-state index contributed by atoms with van der Waals surface area (Å²) in [5, 5.41) is 9.30. The van der Waals surface area contributed by atoms with E-state index >= 15 is 0 Å². The Labute approximate surface area is 224 Å². The zero-order valence-electron chi connectivity index (χ0n) is 21.7. The van der Waals surface area contributed by atoms with Crippen molar-refractivity contribution >= 4 is 29.2 Å². The van der Waals surface area contributed by atoms with Crippen LogP contribution < -0.4 is 4.90 Å². The Morgan fingerprint density at radius 2 is 1.73 bits per heavy atom. The molecule has 1 fully saturated rings. The molecule has 0 bridgehead atoms. The standard InChI is InChI=1S/C29H34ClN5O2/c1-4-22(3)35(29(37)24-8-5-6-9-25(24)30)20-28(36)34-17-7-16-33(18-19-34)27-15-14-26(31-32-27)23-12-10-21(2)11-13-23/h5-6,8-15,22H,4,7,16-20H2,1-3H3. The Kier molecular flexibility index (Phi) is 8.77. The summed E-state index contributed by atoms with van der Waals surface area (Å²) < 4.78 is 0. The minimum Gasteiger partial charge on any atom is -0.353 e. The predicted molar refractivity (Wildman–Crippen MR) is 148 cm³/mol. The van der Waals surface area contributed by atoms with Gasteiger partial charge in [0.15, 0.2) is 5.82 Å². The van der Waals surface area contributed by atoms with Gasteiger partial charge in [-0.2, -0.15) is 0 Å². The fourth-order valence-electron chi connectivity index (χ4n) is 4.45. The van der Waals surface area contributed by atoms with Gasteiger partial charge in [0.25, 0.3) is 5.91 Å². The van der Waals surface area contributed by atoms with Crippen LogP contribution in [0.1, 0.15) is 42.6 Å². The molecular weight excluding hydrogens is 486 g/mol. The molecule has 8 heteroatoms. The van der Waals surface area contributed by atoms with Crippen LogP contribution in [0.3, 0.4) is 0 Å². The number of aryl methyl sites for hydroxylation is 1. The van der Waals surface area contributed by atoms with Crippen LogP contribution in [0.2, 0.25) is 5.02 Å². The van der Waals surface area contributed by atoms with Crippen molar-refractivity contribution in [3.05, 3.63) is 76.8 Å². The summed E-state index contributed by atoms with van der Waals surface area (Å²) in [5.41, 5.74) is 3.50. The Balaban J connectivity index is 1.40. The number of amides is 2. The van der Waals surface area contributed by atoms with Crippen molar-refractivity contribution in [2.24, 2.45) is 0 Å². The third-order valence-corrected chi connectivity index (χ3v) is 7.29. The molecule has 1 aliphatic heterocycles. The third-order valence-electron chi connectivity index (χ3n) is 6.96. The number of anilines is 1. The molecule has 0 spiro atoms. The molecule has 3 aromatic rings. The Bertz CT molecular complexity index is 1220. The second-order valence-corrected chi connectivity index (χ2v) is 9.94. The van der Waals surface area contributed by atoms with E-state index in [1.807, 2.05) is 43.0 Å². The number of aromatic nitrogens is 2. The first-order valence-corrected chi connectivity index (χ1v) is 13.2. The first-order valence-electron chi connectivity index (χ1n) is 12.9. The quantitative estimate of drug-likeness (QED) is 0.435. The van der Waals surface area contributed by atoms with E-state index in [1.54, 1.807) is 29.2 Å². The summed E-state index contributed by atoms with van der Waals surface area (Å²) in [6.07, 6.45) is 1.56. The Morgan fingerprint density at radius 3 is 2.41 bits per heavy atom. The first kappa shape index (κ1) is 26.6. The van der Waals surface area contributed by atoms with E-state index in [2.05, 4.69) is 34.2 Å². The molecule has 0 aliphatic carbocycles. The van der Waals surface area contributed by atoms with Gasteiger partial charge in [-0.25, -0.2) is 0 Å². The molecule has 1 aliphatic rings. The molecule has 1 aromatic heterocycles. The molecule has 37 heavy (non-hydrogen) atoms. The summed E-state index contributed by atoms with van der Waals surface area (Å²) >= 11 is 6.28. The molecule has 7 nitrogen and oxygen atoms in total. The summed E-state index contributed by atoms with van der Waals surface area (Å²) in [5.74, 6) is 0.539. The van der Waals surface area contributed by atoms with Gasteiger partial charge < -0.3 is 14.7 Å². The lowest BCUT2D eigenvalue weighted by atomic mass is 10.1. The van der Waals surface area contributed by atoms with Gasteiger partial charge >= 0.3 is 0 Å². The molecule has 0 saturated carbocycles. The Morgan fingerprint density at radius 1 is 0.973 bits per heavy atom. The van der Waals surface area contributed by atoms with Gasteiger partial charge in [0.2, 0.25) is 5.91 Å². The van der Waals surface area contributed by atoms with Crippen molar-refractivity contribution in [1.29, 1.82) is 0 Å². The fraction of sp³-hybridized carbons (Fsp3) is 0.379. The lowest BCUT2D eigenvalue weighted by Gasteiger charge is -2.31. The van der Waals surface area contributed by atoms with Crippen LogP contribution in [0.25, 0.3) is 11.3 Å². The Hall–Kier alpha value is -3.45. The summed E-state index contributed by atoms with van der Waals surface area (Å²) in [6.45, 7) is 8.71. The van der Waals surface area contributed by atoms with E-state index in [4.69, 9.17) is 11.6 Å². The van der Waals surface area contributed by atoms with Gasteiger partial charge in [-0.15, -0.1) is 10.2 Å². The number of rotatable bonds is 7. The third kappa shape index (κ3) is 6.46. The van der Waals surface area contributed by atoms with Crippen LogP contribution in [0, 0.1) is 6.92 Å². The number of halogens is 1. The molecular formula is C29H34ClN5O2. The zero-order chi connectivity index (χ0) is 26.4. The number of carbonyl (C=O) groups is 2. The molecule has 2 amide bonds. The van der Waals surface area contributed by atoms with Gasteiger partial charge in [-0.05, 0) is 51.0 Å². The minimum atomic E-state index is -0.214. The minimum absolute atomic E-state index is 0.0319. The molecule has 194 valence electrons. The molecule has 4 rings (SSSR count). The van der Waals surface area contributed by atoms with Crippen molar-refractivity contribution in [3.63, 3.8) is 0 Å². The van der Waals surface area contributed by atoms with Crippen LogP contribution in [0.4, 0.5) is 5.82 Å². The lowest BCUT2D eigenvalue weighted by Crippen LogP contribution is -2.47. The van der Waals surface area contributed by atoms with Gasteiger partial charge in [0.05, 0.1) is 16.3 Å². The maximum atomic E-state index is 13.3. The molecule has 0 radical (unpaired) electrons. The highest BCUT2D eigenvalue weighted by atomic mass is 35.5. The van der Waals surface area contributed by atoms with Crippen molar-refractivity contribution in [2.75, 3.05) is 37.6 Å². The predicted octanol–water partition coefficient (Wildman–Crippen LogP) is 5.09. The maximum Gasteiger partial charge on any atom is 0.256 e. The smallest absolute Gasteiger partial charge is 0.256 e. The number of hydrogen-bond acceptors (Lipinski definition) is 5. The average Bonchev–Trinajstić information content (AvgIpc) is 3.18. The van der Waals surface area contributed by atoms with E-state index in [9.17, 15) is 9.59 Å². The highest BCUT2D eigenvalue weighted by molar-refractivity contribution is 6.33. The molecule has 1 saturated heterocycles. The van der Waals surface area contributed by atoms with Crippen molar-refractivity contribution in [3.8, 4) is 11.3 Å². The van der Waals surface area contributed by atoms with E-state index in [0.29, 0.717) is 30.2 Å².